The fourth-order valence-electron chi connectivity index (χ4n) is 3.38. The highest BCUT2D eigenvalue weighted by molar-refractivity contribution is 7.89. The van der Waals surface area contributed by atoms with Crippen molar-refractivity contribution in [2.75, 3.05) is 24.3 Å². The number of anilines is 2. The molecular formula is C19H27N5O2S. The molecule has 27 heavy (non-hydrogen) atoms. The molecule has 0 radical (unpaired) electrons. The van der Waals surface area contributed by atoms with E-state index in [-0.39, 0.29) is 12.1 Å². The standard InChI is InChI=1S/C19H27N5O2S/c1-14-13-20-19(22-18(14)24(2)3)21-15-9-11-16(12-10-15)23-27(25,26)17-7-5-4-6-8-17/h4-8,13,15-16,23H,9-12H2,1-3H3,(H,20,21,22)/t15-,16+. The average Bonchev–Trinajstić information content (AvgIpc) is 2.65. The number of benzene rings is 1. The molecule has 0 saturated heterocycles. The highest BCUT2D eigenvalue weighted by Crippen LogP contribution is 2.24. The third-order valence-corrected chi connectivity index (χ3v) is 6.34. The molecule has 1 heterocycles. The van der Waals surface area contributed by atoms with Crippen molar-refractivity contribution >= 4 is 21.8 Å². The number of nitrogens with zero attached hydrogens (tertiary/aromatic N) is 3. The molecule has 1 fully saturated rings. The van der Waals surface area contributed by atoms with Gasteiger partial charge in [-0.25, -0.2) is 18.1 Å². The lowest BCUT2D eigenvalue weighted by atomic mass is 9.92. The Morgan fingerprint density at radius 3 is 2.30 bits per heavy atom. The van der Waals surface area contributed by atoms with E-state index in [2.05, 4.69) is 20.0 Å². The van der Waals surface area contributed by atoms with Gasteiger partial charge in [0.1, 0.15) is 5.82 Å². The van der Waals surface area contributed by atoms with Crippen LogP contribution in [0.15, 0.2) is 41.4 Å². The predicted octanol–water partition coefficient (Wildman–Crippen LogP) is 2.55. The maximum atomic E-state index is 12.5. The topological polar surface area (TPSA) is 87.2 Å². The number of hydrogen-bond donors (Lipinski definition) is 2. The molecule has 1 aliphatic carbocycles. The van der Waals surface area contributed by atoms with Gasteiger partial charge in [0.25, 0.3) is 0 Å². The Bertz CT molecular complexity index is 863. The lowest BCUT2D eigenvalue weighted by Gasteiger charge is -2.29. The lowest BCUT2D eigenvalue weighted by Crippen LogP contribution is -2.40. The molecule has 0 unspecified atom stereocenters. The van der Waals surface area contributed by atoms with Gasteiger partial charge in [-0.15, -0.1) is 0 Å². The van der Waals surface area contributed by atoms with E-state index in [1.54, 1.807) is 24.3 Å². The van der Waals surface area contributed by atoms with E-state index >= 15 is 0 Å². The van der Waals surface area contributed by atoms with Crippen LogP contribution in [0.4, 0.5) is 11.8 Å². The molecule has 7 nitrogen and oxygen atoms in total. The van der Waals surface area contributed by atoms with Gasteiger partial charge in [0.15, 0.2) is 0 Å². The Labute approximate surface area is 161 Å². The molecule has 1 aromatic heterocycles. The van der Waals surface area contributed by atoms with Crippen LogP contribution >= 0.6 is 0 Å². The maximum Gasteiger partial charge on any atom is 0.240 e. The summed E-state index contributed by atoms with van der Waals surface area (Å²) in [6.07, 6.45) is 5.14. The van der Waals surface area contributed by atoms with Crippen molar-refractivity contribution in [3.63, 3.8) is 0 Å². The first-order valence-electron chi connectivity index (χ1n) is 9.20. The molecule has 1 saturated carbocycles. The Balaban J connectivity index is 1.56. The zero-order valence-electron chi connectivity index (χ0n) is 16.0. The molecule has 0 amide bonds. The van der Waals surface area contributed by atoms with Crippen LogP contribution in [0.25, 0.3) is 0 Å². The summed E-state index contributed by atoms with van der Waals surface area (Å²) in [5, 5.41) is 3.39. The zero-order valence-corrected chi connectivity index (χ0v) is 16.8. The molecule has 8 heteroatoms. The summed E-state index contributed by atoms with van der Waals surface area (Å²) < 4.78 is 27.7. The quantitative estimate of drug-likeness (QED) is 0.790. The molecule has 0 bridgehead atoms. The van der Waals surface area contributed by atoms with E-state index in [0.29, 0.717) is 10.8 Å². The fourth-order valence-corrected chi connectivity index (χ4v) is 4.71. The smallest absolute Gasteiger partial charge is 0.240 e. The second-order valence-corrected chi connectivity index (χ2v) is 8.94. The predicted molar refractivity (Wildman–Crippen MR) is 108 cm³/mol. The van der Waals surface area contributed by atoms with Crippen LogP contribution in [0.2, 0.25) is 0 Å². The minimum atomic E-state index is -3.46. The Kier molecular flexibility index (Phi) is 5.96. The van der Waals surface area contributed by atoms with Crippen LogP contribution in [-0.4, -0.2) is 44.6 Å². The summed E-state index contributed by atoms with van der Waals surface area (Å²) >= 11 is 0. The van der Waals surface area contributed by atoms with Gasteiger partial charge in [-0.2, -0.15) is 4.98 Å². The summed E-state index contributed by atoms with van der Waals surface area (Å²) in [5.74, 6) is 1.52. The summed E-state index contributed by atoms with van der Waals surface area (Å²) in [6.45, 7) is 1.99. The van der Waals surface area contributed by atoms with Gasteiger partial charge in [-0.05, 0) is 44.7 Å². The number of sulfonamides is 1. The molecule has 3 rings (SSSR count). The van der Waals surface area contributed by atoms with Gasteiger partial charge in [-0.3, -0.25) is 0 Å². The van der Waals surface area contributed by atoms with Gasteiger partial charge in [0.05, 0.1) is 4.90 Å². The SMILES string of the molecule is Cc1cnc(N[C@H]2CC[C@@H](NS(=O)(=O)c3ccccc3)CC2)nc1N(C)C. The first kappa shape index (κ1) is 19.6. The lowest BCUT2D eigenvalue weighted by molar-refractivity contribution is 0.386. The van der Waals surface area contributed by atoms with E-state index in [9.17, 15) is 8.42 Å². The van der Waals surface area contributed by atoms with Gasteiger partial charge >= 0.3 is 0 Å². The van der Waals surface area contributed by atoms with Crippen molar-refractivity contribution in [1.29, 1.82) is 0 Å². The molecule has 0 spiro atoms. The number of hydrogen-bond acceptors (Lipinski definition) is 6. The van der Waals surface area contributed by atoms with Crippen molar-refractivity contribution in [2.24, 2.45) is 0 Å². The molecule has 2 N–H and O–H groups in total. The highest BCUT2D eigenvalue weighted by atomic mass is 32.2. The Hall–Kier alpha value is -2.19. The fraction of sp³-hybridized carbons (Fsp3) is 0.474. The maximum absolute atomic E-state index is 12.5. The van der Waals surface area contributed by atoms with Crippen molar-refractivity contribution < 1.29 is 8.42 Å². The summed E-state index contributed by atoms with van der Waals surface area (Å²) in [6, 6.07) is 8.73. The summed E-state index contributed by atoms with van der Waals surface area (Å²) in [5.41, 5.74) is 1.03. The number of aryl methyl sites for hydroxylation is 1. The van der Waals surface area contributed by atoms with E-state index in [0.717, 1.165) is 37.1 Å². The second-order valence-electron chi connectivity index (χ2n) is 7.22. The Morgan fingerprint density at radius 1 is 1.04 bits per heavy atom. The van der Waals surface area contributed by atoms with Gasteiger partial charge in [0.2, 0.25) is 16.0 Å². The monoisotopic (exact) mass is 389 g/mol. The molecular weight excluding hydrogens is 362 g/mol. The van der Waals surface area contributed by atoms with Crippen molar-refractivity contribution in [1.82, 2.24) is 14.7 Å². The van der Waals surface area contributed by atoms with E-state index in [1.165, 1.54) is 0 Å². The zero-order chi connectivity index (χ0) is 19.4. The van der Waals surface area contributed by atoms with Crippen molar-refractivity contribution in [3.05, 3.63) is 42.1 Å². The van der Waals surface area contributed by atoms with Gasteiger partial charge < -0.3 is 10.2 Å². The summed E-state index contributed by atoms with van der Waals surface area (Å²) in [7, 11) is 0.466. The summed E-state index contributed by atoms with van der Waals surface area (Å²) in [4.78, 5) is 11.2. The van der Waals surface area contributed by atoms with Gasteiger partial charge in [-0.1, -0.05) is 18.2 Å². The average molecular weight is 390 g/mol. The van der Waals surface area contributed by atoms with Crippen LogP contribution in [-0.2, 0) is 10.0 Å². The van der Waals surface area contributed by atoms with Crippen molar-refractivity contribution in [2.45, 2.75) is 49.6 Å². The van der Waals surface area contributed by atoms with E-state index < -0.39 is 10.0 Å². The van der Waals surface area contributed by atoms with Crippen LogP contribution in [0.3, 0.4) is 0 Å². The molecule has 0 atom stereocenters. The second kappa shape index (κ2) is 8.22. The molecule has 0 aliphatic heterocycles. The first-order valence-corrected chi connectivity index (χ1v) is 10.7. The highest BCUT2D eigenvalue weighted by Gasteiger charge is 2.26. The van der Waals surface area contributed by atoms with E-state index in [4.69, 9.17) is 0 Å². The molecule has 146 valence electrons. The van der Waals surface area contributed by atoms with Crippen LogP contribution in [0.5, 0.6) is 0 Å². The van der Waals surface area contributed by atoms with Gasteiger partial charge in [0, 0.05) is 37.9 Å². The van der Waals surface area contributed by atoms with Crippen LogP contribution in [0.1, 0.15) is 31.2 Å². The third kappa shape index (κ3) is 4.95. The minimum Gasteiger partial charge on any atom is -0.362 e. The van der Waals surface area contributed by atoms with Crippen LogP contribution in [0, 0.1) is 6.92 Å². The van der Waals surface area contributed by atoms with Crippen molar-refractivity contribution in [3.8, 4) is 0 Å². The number of aromatic nitrogens is 2. The van der Waals surface area contributed by atoms with E-state index in [1.807, 2.05) is 38.2 Å². The number of rotatable bonds is 6. The largest absolute Gasteiger partial charge is 0.362 e. The van der Waals surface area contributed by atoms with Crippen LogP contribution < -0.4 is 14.9 Å². The Morgan fingerprint density at radius 2 is 1.67 bits per heavy atom. The molecule has 1 aromatic carbocycles. The number of nitrogens with one attached hydrogen (secondary N) is 2. The molecule has 1 aliphatic rings. The minimum absolute atomic E-state index is 0.0375. The third-order valence-electron chi connectivity index (χ3n) is 4.80. The normalized spacial score (nSPS) is 20.3. The molecule has 2 aromatic rings. The first-order chi connectivity index (χ1) is 12.8.